The van der Waals surface area contributed by atoms with Crippen LogP contribution in [0.1, 0.15) is 60.3 Å². The topological polar surface area (TPSA) is 143 Å². The van der Waals surface area contributed by atoms with Gasteiger partial charge >= 0.3 is 6.01 Å². The number of aryl methyl sites for hydroxylation is 1. The fraction of sp³-hybridized carbons (Fsp3) is 0.448. The van der Waals surface area contributed by atoms with Gasteiger partial charge in [0.15, 0.2) is 5.69 Å². The molecule has 40 heavy (non-hydrogen) atoms. The molecule has 3 rings (SSSR count). The number of aliphatic hydroxyl groups is 1. The molecular formula is C29H40N4O6S. The Balaban J connectivity index is 1.66. The van der Waals surface area contributed by atoms with Crippen LogP contribution in [0.4, 0.5) is 6.01 Å². The van der Waals surface area contributed by atoms with Gasteiger partial charge in [-0.3, -0.25) is 4.79 Å². The molecule has 0 fully saturated rings. The van der Waals surface area contributed by atoms with Crippen molar-refractivity contribution in [3.05, 3.63) is 77.2 Å². The first-order valence-electron chi connectivity index (χ1n) is 13.6. The highest BCUT2D eigenvalue weighted by atomic mass is 32.2. The van der Waals surface area contributed by atoms with Crippen molar-refractivity contribution in [3.8, 4) is 5.75 Å². The van der Waals surface area contributed by atoms with E-state index in [9.17, 15) is 18.3 Å². The summed E-state index contributed by atoms with van der Waals surface area (Å²) in [5, 5.41) is 17.1. The Morgan fingerprint density at radius 1 is 1.10 bits per heavy atom. The molecule has 2 unspecified atom stereocenters. The second-order valence-electron chi connectivity index (χ2n) is 9.83. The molecule has 0 aliphatic rings. The van der Waals surface area contributed by atoms with E-state index in [1.807, 2.05) is 36.4 Å². The van der Waals surface area contributed by atoms with Gasteiger partial charge in [-0.25, -0.2) is 13.1 Å². The van der Waals surface area contributed by atoms with Gasteiger partial charge in [-0.2, -0.15) is 4.98 Å². The van der Waals surface area contributed by atoms with Crippen LogP contribution in [-0.2, 0) is 29.4 Å². The molecule has 0 saturated carbocycles. The van der Waals surface area contributed by atoms with Gasteiger partial charge in [0.05, 0.1) is 19.0 Å². The summed E-state index contributed by atoms with van der Waals surface area (Å²) in [4.78, 5) is 16.9. The molecule has 218 valence electrons. The van der Waals surface area contributed by atoms with Crippen LogP contribution < -0.4 is 20.1 Å². The zero-order valence-corrected chi connectivity index (χ0v) is 24.2. The van der Waals surface area contributed by atoms with Gasteiger partial charge in [-0.1, -0.05) is 56.7 Å². The maximum atomic E-state index is 13.0. The van der Waals surface area contributed by atoms with Crippen molar-refractivity contribution < 1.29 is 27.5 Å². The van der Waals surface area contributed by atoms with E-state index in [0.29, 0.717) is 26.1 Å². The number of carbonyl (C=O) groups excluding carboxylic acids is 1. The number of anilines is 1. The number of carbonyl (C=O) groups is 1. The van der Waals surface area contributed by atoms with E-state index in [1.54, 1.807) is 0 Å². The number of nitrogens with zero attached hydrogens (tertiary/aromatic N) is 1. The van der Waals surface area contributed by atoms with Crippen LogP contribution in [0, 0.1) is 0 Å². The fourth-order valence-electron chi connectivity index (χ4n) is 4.17. The van der Waals surface area contributed by atoms with Crippen molar-refractivity contribution in [2.45, 2.75) is 64.6 Å². The van der Waals surface area contributed by atoms with Crippen LogP contribution >= 0.6 is 0 Å². The van der Waals surface area contributed by atoms with Gasteiger partial charge < -0.3 is 24.9 Å². The van der Waals surface area contributed by atoms with Crippen molar-refractivity contribution in [2.24, 2.45) is 0 Å². The minimum absolute atomic E-state index is 0.0729. The first kappa shape index (κ1) is 31.1. The van der Waals surface area contributed by atoms with Crippen molar-refractivity contribution >= 4 is 21.9 Å². The third-order valence-corrected chi connectivity index (χ3v) is 6.70. The summed E-state index contributed by atoms with van der Waals surface area (Å²) < 4.78 is 35.9. The van der Waals surface area contributed by atoms with E-state index in [1.165, 1.54) is 5.56 Å². The minimum Gasteiger partial charge on any atom is -0.494 e. The Labute approximate surface area is 236 Å². The van der Waals surface area contributed by atoms with Crippen molar-refractivity contribution in [1.82, 2.24) is 15.6 Å². The smallest absolute Gasteiger partial charge is 0.309 e. The maximum Gasteiger partial charge on any atom is 0.309 e. The van der Waals surface area contributed by atoms with Gasteiger partial charge in [-0.05, 0) is 54.5 Å². The minimum atomic E-state index is -3.60. The van der Waals surface area contributed by atoms with E-state index in [4.69, 9.17) is 9.15 Å². The number of ether oxygens (including phenoxy) is 1. The number of aromatic nitrogens is 1. The van der Waals surface area contributed by atoms with Gasteiger partial charge in [0.25, 0.3) is 5.91 Å². The SMILES string of the molecule is CCCCOc1cccc(CC(CC(O)CNCc2cccc(CC)c2)NC(=O)c2coc(NS(C)(=O)=O)n2)c1. The molecule has 2 atom stereocenters. The van der Waals surface area contributed by atoms with Crippen LogP contribution in [-0.4, -0.2) is 56.0 Å². The highest BCUT2D eigenvalue weighted by molar-refractivity contribution is 7.91. The molecule has 1 amide bonds. The molecule has 4 N–H and O–H groups in total. The molecule has 0 spiro atoms. The van der Waals surface area contributed by atoms with Crippen molar-refractivity contribution in [3.63, 3.8) is 0 Å². The number of unbranched alkanes of at least 4 members (excludes halogenated alkanes) is 1. The molecular weight excluding hydrogens is 532 g/mol. The van der Waals surface area contributed by atoms with Gasteiger partial charge in [-0.15, -0.1) is 0 Å². The van der Waals surface area contributed by atoms with Crippen LogP contribution in [0.5, 0.6) is 5.75 Å². The molecule has 11 heteroatoms. The Morgan fingerprint density at radius 2 is 1.85 bits per heavy atom. The number of amides is 1. The van der Waals surface area contributed by atoms with E-state index in [-0.39, 0.29) is 18.1 Å². The molecule has 0 aliphatic carbocycles. The Morgan fingerprint density at radius 3 is 2.60 bits per heavy atom. The molecule has 0 radical (unpaired) electrons. The first-order chi connectivity index (χ1) is 19.1. The molecule has 3 aromatic rings. The number of hydrogen-bond acceptors (Lipinski definition) is 8. The highest BCUT2D eigenvalue weighted by Crippen LogP contribution is 2.18. The quantitative estimate of drug-likeness (QED) is 0.180. The second-order valence-corrected chi connectivity index (χ2v) is 11.6. The summed E-state index contributed by atoms with van der Waals surface area (Å²) >= 11 is 0. The molecule has 2 aromatic carbocycles. The number of oxazole rings is 1. The van der Waals surface area contributed by atoms with Crippen LogP contribution in [0.15, 0.2) is 59.2 Å². The Kier molecular flexibility index (Phi) is 12.0. The number of hydrogen-bond donors (Lipinski definition) is 4. The maximum absolute atomic E-state index is 13.0. The zero-order chi connectivity index (χ0) is 29.0. The average Bonchev–Trinajstić information content (AvgIpc) is 3.36. The molecule has 1 aromatic heterocycles. The number of rotatable bonds is 17. The van der Waals surface area contributed by atoms with Gasteiger partial charge in [0, 0.05) is 19.1 Å². The van der Waals surface area contributed by atoms with E-state index < -0.39 is 28.1 Å². The van der Waals surface area contributed by atoms with Crippen LogP contribution in [0.3, 0.4) is 0 Å². The van der Waals surface area contributed by atoms with Crippen LogP contribution in [0.25, 0.3) is 0 Å². The van der Waals surface area contributed by atoms with Gasteiger partial charge in [0.2, 0.25) is 10.0 Å². The number of sulfonamides is 1. The Bertz CT molecular complexity index is 1330. The van der Waals surface area contributed by atoms with Crippen molar-refractivity contribution in [1.29, 1.82) is 0 Å². The normalized spacial score (nSPS) is 13.0. The molecule has 0 aliphatic heterocycles. The number of nitrogens with one attached hydrogen (secondary N) is 3. The summed E-state index contributed by atoms with van der Waals surface area (Å²) in [5.41, 5.74) is 3.26. The lowest BCUT2D eigenvalue weighted by molar-refractivity contribution is 0.0904. The Hall–Kier alpha value is -3.41. The monoisotopic (exact) mass is 572 g/mol. The standard InChI is InChI=1S/C29H40N4O6S/c1-4-6-13-38-26-12-8-10-22(16-26)15-24(31-28(35)27-20-39-29(32-27)33-40(3,36)37)17-25(34)19-30-18-23-11-7-9-21(5-2)14-23/h7-12,14,16,20,24-25,30,34H,4-6,13,15,17-19H2,1-3H3,(H,31,35)(H,32,33). The third kappa shape index (κ3) is 11.0. The summed E-state index contributed by atoms with van der Waals surface area (Å²) in [5.74, 6) is 0.211. The molecule has 10 nitrogen and oxygen atoms in total. The van der Waals surface area contributed by atoms with E-state index in [2.05, 4.69) is 46.3 Å². The lowest BCUT2D eigenvalue weighted by atomic mass is 9.99. The first-order valence-corrected chi connectivity index (χ1v) is 15.5. The average molecular weight is 573 g/mol. The summed E-state index contributed by atoms with van der Waals surface area (Å²) in [7, 11) is -3.60. The lowest BCUT2D eigenvalue weighted by Crippen LogP contribution is -2.41. The highest BCUT2D eigenvalue weighted by Gasteiger charge is 2.21. The lowest BCUT2D eigenvalue weighted by Gasteiger charge is -2.22. The summed E-state index contributed by atoms with van der Waals surface area (Å²) in [6.45, 7) is 5.80. The van der Waals surface area contributed by atoms with Crippen LogP contribution in [0.2, 0.25) is 0 Å². The van der Waals surface area contributed by atoms with E-state index >= 15 is 0 Å². The summed E-state index contributed by atoms with van der Waals surface area (Å²) in [6, 6.07) is 15.2. The molecule has 0 bridgehead atoms. The second kappa shape index (κ2) is 15.4. The largest absolute Gasteiger partial charge is 0.494 e. The number of aliphatic hydroxyl groups excluding tert-OH is 1. The summed E-state index contributed by atoms with van der Waals surface area (Å²) in [6.07, 6.45) is 4.99. The zero-order valence-electron chi connectivity index (χ0n) is 23.4. The molecule has 0 saturated heterocycles. The van der Waals surface area contributed by atoms with Crippen molar-refractivity contribution in [2.75, 3.05) is 24.1 Å². The predicted molar refractivity (Wildman–Crippen MR) is 155 cm³/mol. The molecule has 1 heterocycles. The third-order valence-electron chi connectivity index (χ3n) is 6.16. The number of benzene rings is 2. The van der Waals surface area contributed by atoms with E-state index in [0.717, 1.165) is 48.7 Å². The fourth-order valence-corrected chi connectivity index (χ4v) is 4.58. The van der Waals surface area contributed by atoms with Gasteiger partial charge in [0.1, 0.15) is 12.0 Å². The predicted octanol–water partition coefficient (Wildman–Crippen LogP) is 3.67.